The summed E-state index contributed by atoms with van der Waals surface area (Å²) in [6.45, 7) is 2.96. The van der Waals surface area contributed by atoms with Crippen LogP contribution in [0.4, 0.5) is 0 Å². The van der Waals surface area contributed by atoms with Gasteiger partial charge in [0.05, 0.1) is 23.7 Å². The number of aryl methyl sites for hydroxylation is 1. The zero-order valence-corrected chi connectivity index (χ0v) is 11.1. The molecule has 0 aliphatic carbocycles. The lowest BCUT2D eigenvalue weighted by Gasteiger charge is -2.17. The van der Waals surface area contributed by atoms with Gasteiger partial charge in [-0.15, -0.1) is 11.3 Å². The number of hydrogen-bond acceptors (Lipinski definition) is 4. The van der Waals surface area contributed by atoms with E-state index in [2.05, 4.69) is 17.3 Å². The monoisotopic (exact) mass is 251 g/mol. The molecule has 1 atom stereocenters. The summed E-state index contributed by atoms with van der Waals surface area (Å²) < 4.78 is 7.38. The first-order valence-electron chi connectivity index (χ1n) is 5.62. The molecule has 92 valence electrons. The van der Waals surface area contributed by atoms with Gasteiger partial charge in [-0.3, -0.25) is 4.68 Å². The Labute approximate surface area is 105 Å². The summed E-state index contributed by atoms with van der Waals surface area (Å²) in [4.78, 5) is 1.19. The van der Waals surface area contributed by atoms with Crippen molar-refractivity contribution in [3.8, 4) is 5.75 Å². The number of nitrogens with zero attached hydrogens (tertiary/aromatic N) is 2. The van der Waals surface area contributed by atoms with E-state index in [1.807, 2.05) is 35.4 Å². The topological polar surface area (TPSA) is 39.1 Å². The van der Waals surface area contributed by atoms with Crippen molar-refractivity contribution < 1.29 is 4.74 Å². The molecule has 1 unspecified atom stereocenters. The highest BCUT2D eigenvalue weighted by Crippen LogP contribution is 2.34. The molecule has 0 radical (unpaired) electrons. The van der Waals surface area contributed by atoms with Gasteiger partial charge in [0, 0.05) is 12.7 Å². The largest absolute Gasteiger partial charge is 0.496 e. The molecule has 0 saturated heterocycles. The molecular formula is C12H17N3OS. The number of hydrogen-bond donors (Lipinski definition) is 1. The highest BCUT2D eigenvalue weighted by Gasteiger charge is 2.20. The molecule has 5 heteroatoms. The molecule has 4 nitrogen and oxygen atoms in total. The van der Waals surface area contributed by atoms with Gasteiger partial charge >= 0.3 is 0 Å². The zero-order valence-electron chi connectivity index (χ0n) is 10.3. The predicted octanol–water partition coefficient (Wildman–Crippen LogP) is 2.28. The van der Waals surface area contributed by atoms with Gasteiger partial charge in [-0.2, -0.15) is 5.10 Å². The second-order valence-corrected chi connectivity index (χ2v) is 4.59. The minimum absolute atomic E-state index is 0.132. The lowest BCUT2D eigenvalue weighted by atomic mass is 10.1. The summed E-state index contributed by atoms with van der Waals surface area (Å²) >= 11 is 1.70. The molecule has 1 N–H and O–H groups in total. The minimum Gasteiger partial charge on any atom is -0.496 e. The van der Waals surface area contributed by atoms with Gasteiger partial charge in [0.1, 0.15) is 5.75 Å². The van der Waals surface area contributed by atoms with Crippen LogP contribution >= 0.6 is 11.3 Å². The number of nitrogens with one attached hydrogen (secondary N) is 1. The van der Waals surface area contributed by atoms with Crippen molar-refractivity contribution in [2.75, 3.05) is 14.2 Å². The van der Waals surface area contributed by atoms with Crippen molar-refractivity contribution in [2.45, 2.75) is 19.5 Å². The predicted molar refractivity (Wildman–Crippen MR) is 69.7 cm³/mol. The Bertz CT molecular complexity index is 435. The molecule has 2 heterocycles. The molecule has 0 spiro atoms. The summed E-state index contributed by atoms with van der Waals surface area (Å²) in [5, 5.41) is 9.68. The normalized spacial score (nSPS) is 12.6. The van der Waals surface area contributed by atoms with Gasteiger partial charge in [-0.1, -0.05) is 0 Å². The standard InChI is InChI=1S/C12H17N3OS/c1-4-15-9(5-7-14-15)11(13-2)12-10(16-3)6-8-17-12/h5-8,11,13H,4H2,1-3H3. The number of thiophene rings is 1. The number of methoxy groups -OCH3 is 1. The molecule has 2 aromatic heterocycles. The third kappa shape index (κ3) is 2.21. The smallest absolute Gasteiger partial charge is 0.134 e. The number of ether oxygens (including phenoxy) is 1. The van der Waals surface area contributed by atoms with Crippen LogP contribution in [0.25, 0.3) is 0 Å². The van der Waals surface area contributed by atoms with E-state index < -0.39 is 0 Å². The van der Waals surface area contributed by atoms with Crippen molar-refractivity contribution in [1.82, 2.24) is 15.1 Å². The van der Waals surface area contributed by atoms with E-state index in [1.54, 1.807) is 18.4 Å². The van der Waals surface area contributed by atoms with Gasteiger partial charge in [-0.25, -0.2) is 0 Å². The fraction of sp³-hybridized carbons (Fsp3) is 0.417. The Morgan fingerprint density at radius 1 is 1.53 bits per heavy atom. The second kappa shape index (κ2) is 5.33. The zero-order chi connectivity index (χ0) is 12.3. The quantitative estimate of drug-likeness (QED) is 0.886. The van der Waals surface area contributed by atoms with Crippen LogP contribution in [0.3, 0.4) is 0 Å². The average molecular weight is 251 g/mol. The summed E-state index contributed by atoms with van der Waals surface area (Å²) in [5.74, 6) is 0.929. The SMILES string of the molecule is CCn1nccc1C(NC)c1sccc1OC. The molecule has 0 saturated carbocycles. The lowest BCUT2D eigenvalue weighted by molar-refractivity contribution is 0.407. The Balaban J connectivity index is 2.40. The molecule has 0 aliphatic rings. The summed E-state index contributed by atoms with van der Waals surface area (Å²) in [6, 6.07) is 4.17. The Hall–Kier alpha value is -1.33. The highest BCUT2D eigenvalue weighted by molar-refractivity contribution is 7.10. The molecular weight excluding hydrogens is 234 g/mol. The van der Waals surface area contributed by atoms with E-state index in [1.165, 1.54) is 4.88 Å². The third-order valence-electron chi connectivity index (χ3n) is 2.77. The Kier molecular flexibility index (Phi) is 3.81. The van der Waals surface area contributed by atoms with Gasteiger partial charge in [0.15, 0.2) is 0 Å². The molecule has 17 heavy (non-hydrogen) atoms. The molecule has 0 bridgehead atoms. The average Bonchev–Trinajstić information content (AvgIpc) is 2.98. The van der Waals surface area contributed by atoms with Crippen LogP contribution in [0.1, 0.15) is 23.5 Å². The van der Waals surface area contributed by atoms with Crippen LogP contribution in [0.5, 0.6) is 5.75 Å². The molecule has 2 aromatic rings. The van der Waals surface area contributed by atoms with Crippen LogP contribution in [0.15, 0.2) is 23.7 Å². The minimum atomic E-state index is 0.132. The highest BCUT2D eigenvalue weighted by atomic mass is 32.1. The maximum atomic E-state index is 5.38. The van der Waals surface area contributed by atoms with Crippen LogP contribution < -0.4 is 10.1 Å². The van der Waals surface area contributed by atoms with Crippen LogP contribution in [0.2, 0.25) is 0 Å². The van der Waals surface area contributed by atoms with Gasteiger partial charge in [-0.05, 0) is 31.5 Å². The van der Waals surface area contributed by atoms with E-state index in [0.29, 0.717) is 0 Å². The molecule has 2 rings (SSSR count). The first kappa shape index (κ1) is 12.1. The first-order chi connectivity index (χ1) is 8.31. The van der Waals surface area contributed by atoms with Crippen molar-refractivity contribution in [3.63, 3.8) is 0 Å². The summed E-state index contributed by atoms with van der Waals surface area (Å²) in [7, 11) is 3.66. The van der Waals surface area contributed by atoms with Crippen LogP contribution in [-0.2, 0) is 6.54 Å². The second-order valence-electron chi connectivity index (χ2n) is 3.65. The van der Waals surface area contributed by atoms with Crippen molar-refractivity contribution in [1.29, 1.82) is 0 Å². The fourth-order valence-corrected chi connectivity index (χ4v) is 2.93. The Morgan fingerprint density at radius 3 is 3.00 bits per heavy atom. The van der Waals surface area contributed by atoms with E-state index >= 15 is 0 Å². The number of rotatable bonds is 5. The van der Waals surface area contributed by atoms with Gasteiger partial charge < -0.3 is 10.1 Å². The Morgan fingerprint density at radius 2 is 2.35 bits per heavy atom. The van der Waals surface area contributed by atoms with Gasteiger partial charge in [0.25, 0.3) is 0 Å². The maximum absolute atomic E-state index is 5.38. The lowest BCUT2D eigenvalue weighted by Crippen LogP contribution is -2.20. The molecule has 0 aliphatic heterocycles. The van der Waals surface area contributed by atoms with E-state index in [-0.39, 0.29) is 6.04 Å². The fourth-order valence-electron chi connectivity index (χ4n) is 1.95. The molecule has 0 aromatic carbocycles. The van der Waals surface area contributed by atoms with Crippen LogP contribution in [0, 0.1) is 0 Å². The van der Waals surface area contributed by atoms with E-state index in [0.717, 1.165) is 18.0 Å². The van der Waals surface area contributed by atoms with E-state index in [4.69, 9.17) is 4.74 Å². The third-order valence-corrected chi connectivity index (χ3v) is 3.74. The molecule has 0 fully saturated rings. The maximum Gasteiger partial charge on any atom is 0.134 e. The van der Waals surface area contributed by atoms with Crippen LogP contribution in [-0.4, -0.2) is 23.9 Å². The van der Waals surface area contributed by atoms with Crippen molar-refractivity contribution in [3.05, 3.63) is 34.3 Å². The summed E-state index contributed by atoms with van der Waals surface area (Å²) in [5.41, 5.74) is 1.16. The first-order valence-corrected chi connectivity index (χ1v) is 6.50. The molecule has 0 amide bonds. The van der Waals surface area contributed by atoms with E-state index in [9.17, 15) is 0 Å². The number of aromatic nitrogens is 2. The van der Waals surface area contributed by atoms with Gasteiger partial charge in [0.2, 0.25) is 0 Å². The summed E-state index contributed by atoms with van der Waals surface area (Å²) in [6.07, 6.45) is 1.84. The van der Waals surface area contributed by atoms with Crippen molar-refractivity contribution >= 4 is 11.3 Å². The van der Waals surface area contributed by atoms with Crippen molar-refractivity contribution in [2.24, 2.45) is 0 Å².